The predicted octanol–water partition coefficient (Wildman–Crippen LogP) is 4.48. The van der Waals surface area contributed by atoms with Gasteiger partial charge in [-0.25, -0.2) is 4.79 Å². The maximum atomic E-state index is 14.1. The Balaban J connectivity index is 1.33. The molecule has 2 aliphatic heterocycles. The SMILES string of the molecule is CC(C)(C)OC(=O)NC(C)(C)C(=O)NC(Cc1c[nH]c2ccccc12)C(=O)N1CCC2(CC1)CNc1ccccc12. The van der Waals surface area contributed by atoms with Gasteiger partial charge in [0.15, 0.2) is 0 Å². The van der Waals surface area contributed by atoms with E-state index in [0.29, 0.717) is 19.5 Å². The first-order chi connectivity index (χ1) is 19.4. The highest BCUT2D eigenvalue weighted by Gasteiger charge is 2.43. The number of rotatable bonds is 6. The average molecular weight is 560 g/mol. The first-order valence-corrected chi connectivity index (χ1v) is 14.4. The highest BCUT2D eigenvalue weighted by Crippen LogP contribution is 2.43. The third-order valence-electron chi connectivity index (χ3n) is 8.23. The van der Waals surface area contributed by atoms with E-state index >= 15 is 0 Å². The topological polar surface area (TPSA) is 116 Å². The number of hydrogen-bond donors (Lipinski definition) is 4. The van der Waals surface area contributed by atoms with Crippen molar-refractivity contribution in [2.24, 2.45) is 0 Å². The predicted molar refractivity (Wildman–Crippen MR) is 160 cm³/mol. The normalized spacial score (nSPS) is 17.0. The molecule has 2 aromatic carbocycles. The summed E-state index contributed by atoms with van der Waals surface area (Å²) in [6, 6.07) is 15.5. The summed E-state index contributed by atoms with van der Waals surface area (Å²) in [5.41, 5.74) is 2.43. The largest absolute Gasteiger partial charge is 0.444 e. The molecule has 5 rings (SSSR count). The number of piperidine rings is 1. The number of amides is 3. The van der Waals surface area contributed by atoms with Crippen LogP contribution in [-0.2, 0) is 26.2 Å². The number of aromatic amines is 1. The van der Waals surface area contributed by atoms with Crippen LogP contribution in [0.3, 0.4) is 0 Å². The van der Waals surface area contributed by atoms with E-state index in [-0.39, 0.29) is 11.3 Å². The molecule has 3 amide bonds. The van der Waals surface area contributed by atoms with Crippen LogP contribution in [0.25, 0.3) is 10.9 Å². The van der Waals surface area contributed by atoms with Gasteiger partial charge >= 0.3 is 6.09 Å². The van der Waals surface area contributed by atoms with Crippen LogP contribution >= 0.6 is 0 Å². The van der Waals surface area contributed by atoms with E-state index in [1.807, 2.05) is 41.4 Å². The van der Waals surface area contributed by atoms with E-state index in [4.69, 9.17) is 4.74 Å². The van der Waals surface area contributed by atoms with Gasteiger partial charge in [-0.05, 0) is 70.7 Å². The number of hydrogen-bond acceptors (Lipinski definition) is 5. The smallest absolute Gasteiger partial charge is 0.408 e. The molecule has 1 fully saturated rings. The van der Waals surface area contributed by atoms with Crippen molar-refractivity contribution in [1.29, 1.82) is 0 Å². The van der Waals surface area contributed by atoms with E-state index in [1.54, 1.807) is 34.6 Å². The summed E-state index contributed by atoms with van der Waals surface area (Å²) in [6.45, 7) is 10.6. The summed E-state index contributed by atoms with van der Waals surface area (Å²) >= 11 is 0. The van der Waals surface area contributed by atoms with Crippen LogP contribution in [0.5, 0.6) is 0 Å². The molecule has 0 aliphatic carbocycles. The lowest BCUT2D eigenvalue weighted by atomic mass is 9.74. The van der Waals surface area contributed by atoms with Crippen LogP contribution in [0.4, 0.5) is 10.5 Å². The molecule has 9 heteroatoms. The minimum Gasteiger partial charge on any atom is -0.444 e. The molecule has 3 heterocycles. The fourth-order valence-corrected chi connectivity index (χ4v) is 5.96. The number of fused-ring (bicyclic) bond motifs is 3. The van der Waals surface area contributed by atoms with Crippen molar-refractivity contribution in [3.05, 3.63) is 65.9 Å². The van der Waals surface area contributed by atoms with Gasteiger partial charge in [-0.15, -0.1) is 0 Å². The van der Waals surface area contributed by atoms with E-state index in [1.165, 1.54) is 11.3 Å². The standard InChI is InChI=1S/C32H41N5O4/c1-30(2,3)41-29(40)36-31(4,5)28(39)35-26(18-21-19-33-24-12-8-6-10-22(21)24)27(38)37-16-14-32(15-17-37)20-34-25-13-9-7-11-23(25)32/h6-13,19,26,33-34H,14-18,20H2,1-5H3,(H,35,39)(H,36,40). The van der Waals surface area contributed by atoms with Crippen molar-refractivity contribution in [2.45, 2.75) is 76.5 Å². The number of H-pyrrole nitrogens is 1. The van der Waals surface area contributed by atoms with Crippen molar-refractivity contribution in [2.75, 3.05) is 25.0 Å². The van der Waals surface area contributed by atoms with Crippen LogP contribution in [0.15, 0.2) is 54.7 Å². The number of anilines is 1. The number of aromatic nitrogens is 1. The van der Waals surface area contributed by atoms with E-state index in [0.717, 1.165) is 35.9 Å². The van der Waals surface area contributed by atoms with Crippen LogP contribution < -0.4 is 16.0 Å². The monoisotopic (exact) mass is 559 g/mol. The number of nitrogens with zero attached hydrogens (tertiary/aromatic N) is 1. The number of carbonyl (C=O) groups excluding carboxylic acids is 3. The second kappa shape index (κ2) is 10.8. The molecule has 2 aliphatic rings. The van der Waals surface area contributed by atoms with Gasteiger partial charge in [-0.1, -0.05) is 36.4 Å². The van der Waals surface area contributed by atoms with Crippen LogP contribution in [0.2, 0.25) is 0 Å². The van der Waals surface area contributed by atoms with E-state index in [2.05, 4.69) is 39.1 Å². The quantitative estimate of drug-likeness (QED) is 0.355. The molecule has 1 spiro atoms. The number of ether oxygens (including phenoxy) is 1. The van der Waals surface area contributed by atoms with Gasteiger partial charge in [0.05, 0.1) is 0 Å². The molecule has 0 saturated carbocycles. The van der Waals surface area contributed by atoms with Crippen LogP contribution in [0, 0.1) is 0 Å². The lowest BCUT2D eigenvalue weighted by molar-refractivity contribution is -0.139. The minimum atomic E-state index is -1.30. The Morgan fingerprint density at radius 1 is 1.00 bits per heavy atom. The lowest BCUT2D eigenvalue weighted by Gasteiger charge is -2.41. The number of nitrogens with one attached hydrogen (secondary N) is 4. The third-order valence-corrected chi connectivity index (χ3v) is 8.23. The van der Waals surface area contributed by atoms with Gasteiger partial charge < -0.3 is 30.6 Å². The fourth-order valence-electron chi connectivity index (χ4n) is 5.96. The second-order valence-corrected chi connectivity index (χ2v) is 12.8. The molecule has 3 aromatic rings. The van der Waals surface area contributed by atoms with E-state index in [9.17, 15) is 14.4 Å². The van der Waals surface area contributed by atoms with Crippen molar-refractivity contribution in [1.82, 2.24) is 20.5 Å². The summed E-state index contributed by atoms with van der Waals surface area (Å²) < 4.78 is 5.36. The zero-order valence-corrected chi connectivity index (χ0v) is 24.6. The summed E-state index contributed by atoms with van der Waals surface area (Å²) in [6.07, 6.45) is 3.23. The Kier molecular flexibility index (Phi) is 7.48. The molecular weight excluding hydrogens is 518 g/mol. The minimum absolute atomic E-state index is 0.0162. The Hall–Kier alpha value is -4.01. The third kappa shape index (κ3) is 6.04. The first kappa shape index (κ1) is 28.5. The highest BCUT2D eigenvalue weighted by atomic mass is 16.6. The van der Waals surface area contributed by atoms with Crippen molar-refractivity contribution in [3.63, 3.8) is 0 Å². The van der Waals surface area contributed by atoms with Crippen molar-refractivity contribution < 1.29 is 19.1 Å². The lowest BCUT2D eigenvalue weighted by Crippen LogP contribution is -2.60. The van der Waals surface area contributed by atoms with Crippen LogP contribution in [-0.4, -0.2) is 64.6 Å². The maximum absolute atomic E-state index is 14.1. The Bertz CT molecular complexity index is 1450. The molecule has 9 nitrogen and oxygen atoms in total. The Morgan fingerprint density at radius 3 is 2.41 bits per heavy atom. The number of alkyl carbamates (subject to hydrolysis) is 1. The molecule has 218 valence electrons. The number of para-hydroxylation sites is 2. The van der Waals surface area contributed by atoms with Crippen molar-refractivity contribution in [3.8, 4) is 0 Å². The molecule has 1 unspecified atom stereocenters. The van der Waals surface area contributed by atoms with Gasteiger partial charge in [0.1, 0.15) is 17.2 Å². The molecule has 0 radical (unpaired) electrons. The molecule has 1 atom stereocenters. The average Bonchev–Trinajstić information content (AvgIpc) is 3.49. The maximum Gasteiger partial charge on any atom is 0.408 e. The number of likely N-dealkylation sites (tertiary alicyclic amines) is 1. The van der Waals surface area contributed by atoms with Crippen molar-refractivity contribution >= 4 is 34.5 Å². The number of carbonyl (C=O) groups is 3. The van der Waals surface area contributed by atoms with Gasteiger partial charge in [0.25, 0.3) is 0 Å². The zero-order valence-electron chi connectivity index (χ0n) is 24.6. The molecule has 1 aromatic heterocycles. The fraction of sp³-hybridized carbons (Fsp3) is 0.469. The zero-order chi connectivity index (χ0) is 29.4. The summed E-state index contributed by atoms with van der Waals surface area (Å²) in [7, 11) is 0. The summed E-state index contributed by atoms with van der Waals surface area (Å²) in [5.74, 6) is -0.574. The first-order valence-electron chi connectivity index (χ1n) is 14.4. The Morgan fingerprint density at radius 2 is 1.68 bits per heavy atom. The highest BCUT2D eigenvalue weighted by molar-refractivity contribution is 5.94. The van der Waals surface area contributed by atoms with Crippen LogP contribution in [0.1, 0.15) is 58.6 Å². The van der Waals surface area contributed by atoms with E-state index < -0.39 is 29.2 Å². The summed E-state index contributed by atoms with van der Waals surface area (Å²) in [4.78, 5) is 45.2. The molecule has 4 N–H and O–H groups in total. The second-order valence-electron chi connectivity index (χ2n) is 12.8. The number of benzene rings is 2. The van der Waals surface area contributed by atoms with Gasteiger partial charge in [0.2, 0.25) is 11.8 Å². The van der Waals surface area contributed by atoms with Gasteiger partial charge in [0, 0.05) is 54.3 Å². The molecule has 1 saturated heterocycles. The van der Waals surface area contributed by atoms with Gasteiger partial charge in [-0.3, -0.25) is 9.59 Å². The molecular formula is C32H41N5O4. The van der Waals surface area contributed by atoms with Gasteiger partial charge in [-0.2, -0.15) is 0 Å². The molecule has 41 heavy (non-hydrogen) atoms. The summed E-state index contributed by atoms with van der Waals surface area (Å²) in [5, 5.41) is 10.2. The Labute approximate surface area is 241 Å². The molecule has 0 bridgehead atoms.